The first-order chi connectivity index (χ1) is 12.1. The van der Waals surface area contributed by atoms with Gasteiger partial charge in [-0.3, -0.25) is 9.36 Å². The average molecular weight is 374 g/mol. The molecule has 4 rings (SSSR count). The minimum Gasteiger partial charge on any atom is -0.504 e. The highest BCUT2D eigenvalue weighted by molar-refractivity contribution is 6.39. The Kier molecular flexibility index (Phi) is 3.90. The van der Waals surface area contributed by atoms with Crippen molar-refractivity contribution in [3.8, 4) is 5.75 Å². The maximum absolute atomic E-state index is 12.7. The van der Waals surface area contributed by atoms with E-state index in [0.717, 1.165) is 16.5 Å². The van der Waals surface area contributed by atoms with Crippen LogP contribution < -0.4 is 5.56 Å². The summed E-state index contributed by atoms with van der Waals surface area (Å²) in [5.74, 6) is -0.234. The molecule has 0 aliphatic carbocycles. The molecule has 2 aromatic heterocycles. The maximum Gasteiger partial charge on any atom is 0.262 e. The minimum absolute atomic E-state index is 0.0703. The van der Waals surface area contributed by atoms with Gasteiger partial charge in [-0.05, 0) is 24.1 Å². The van der Waals surface area contributed by atoms with Gasteiger partial charge in [-0.1, -0.05) is 41.4 Å². The third kappa shape index (κ3) is 2.65. The Morgan fingerprint density at radius 1 is 1.20 bits per heavy atom. The van der Waals surface area contributed by atoms with E-state index in [1.807, 2.05) is 30.5 Å². The third-order valence-electron chi connectivity index (χ3n) is 4.28. The lowest BCUT2D eigenvalue weighted by Crippen LogP contribution is -2.22. The van der Waals surface area contributed by atoms with Crippen LogP contribution in [0, 0.1) is 0 Å². The molecule has 0 saturated carbocycles. The standard InChI is InChI=1S/C18H13Cl2N3O2/c19-12-7-13(20)17(24)16-15(12)18(25)23(9-22-16)6-5-10-8-21-14-4-2-1-3-11(10)14/h1-4,7-9,21,24H,5-6H2. The van der Waals surface area contributed by atoms with E-state index in [4.69, 9.17) is 23.2 Å². The predicted molar refractivity (Wildman–Crippen MR) is 99.7 cm³/mol. The smallest absolute Gasteiger partial charge is 0.262 e. The van der Waals surface area contributed by atoms with Crippen molar-refractivity contribution in [3.05, 3.63) is 68.8 Å². The summed E-state index contributed by atoms with van der Waals surface area (Å²) in [6.45, 7) is 0.448. The topological polar surface area (TPSA) is 70.9 Å². The monoisotopic (exact) mass is 373 g/mol. The fourth-order valence-electron chi connectivity index (χ4n) is 2.99. The van der Waals surface area contributed by atoms with E-state index >= 15 is 0 Å². The zero-order valence-corrected chi connectivity index (χ0v) is 14.5. The highest BCUT2D eigenvalue weighted by Gasteiger charge is 2.15. The van der Waals surface area contributed by atoms with Gasteiger partial charge in [0, 0.05) is 23.6 Å². The van der Waals surface area contributed by atoms with Gasteiger partial charge in [0.15, 0.2) is 5.75 Å². The molecule has 0 atom stereocenters. The summed E-state index contributed by atoms with van der Waals surface area (Å²) >= 11 is 12.0. The van der Waals surface area contributed by atoms with Crippen LogP contribution >= 0.6 is 23.2 Å². The number of rotatable bonds is 3. The number of aromatic nitrogens is 3. The van der Waals surface area contributed by atoms with Crippen molar-refractivity contribution in [3.63, 3.8) is 0 Å². The van der Waals surface area contributed by atoms with Crippen molar-refractivity contribution in [1.82, 2.24) is 14.5 Å². The highest BCUT2D eigenvalue weighted by atomic mass is 35.5. The Labute approximate surface area is 152 Å². The number of benzene rings is 2. The van der Waals surface area contributed by atoms with Gasteiger partial charge in [-0.15, -0.1) is 0 Å². The predicted octanol–water partition coefficient (Wildman–Crippen LogP) is 4.13. The van der Waals surface area contributed by atoms with Crippen LogP contribution in [0.15, 0.2) is 47.7 Å². The molecule has 2 N–H and O–H groups in total. The largest absolute Gasteiger partial charge is 0.504 e. The van der Waals surface area contributed by atoms with Crippen LogP contribution in [-0.2, 0) is 13.0 Å². The lowest BCUT2D eigenvalue weighted by Gasteiger charge is -2.09. The molecule has 25 heavy (non-hydrogen) atoms. The number of aromatic hydroxyl groups is 1. The molecule has 0 unspecified atom stereocenters. The number of hydrogen-bond donors (Lipinski definition) is 2. The molecule has 0 amide bonds. The zero-order valence-electron chi connectivity index (χ0n) is 13.0. The Morgan fingerprint density at radius 3 is 2.84 bits per heavy atom. The number of aromatic amines is 1. The SMILES string of the molecule is O=c1c2c(Cl)cc(Cl)c(O)c2ncn1CCc1c[nH]c2ccccc12. The molecule has 7 heteroatoms. The molecule has 126 valence electrons. The van der Waals surface area contributed by atoms with Crippen molar-refractivity contribution in [2.24, 2.45) is 0 Å². The van der Waals surface area contributed by atoms with Crippen LogP contribution in [0.5, 0.6) is 5.75 Å². The third-order valence-corrected chi connectivity index (χ3v) is 4.86. The van der Waals surface area contributed by atoms with E-state index < -0.39 is 0 Å². The number of phenolic OH excluding ortho intramolecular Hbond substituents is 1. The molecule has 0 radical (unpaired) electrons. The first kappa shape index (κ1) is 16.0. The van der Waals surface area contributed by atoms with E-state index in [0.29, 0.717) is 13.0 Å². The van der Waals surface area contributed by atoms with E-state index in [1.54, 1.807) is 0 Å². The number of para-hydroxylation sites is 1. The second-order valence-corrected chi connectivity index (χ2v) is 6.58. The molecule has 2 heterocycles. The highest BCUT2D eigenvalue weighted by Crippen LogP contribution is 2.34. The van der Waals surface area contributed by atoms with Gasteiger partial charge in [0.1, 0.15) is 5.52 Å². The van der Waals surface area contributed by atoms with E-state index in [1.165, 1.54) is 17.0 Å². The van der Waals surface area contributed by atoms with E-state index in [2.05, 4.69) is 9.97 Å². The number of nitrogens with one attached hydrogen (secondary N) is 1. The number of aryl methyl sites for hydroxylation is 2. The molecular weight excluding hydrogens is 361 g/mol. The van der Waals surface area contributed by atoms with Crippen LogP contribution in [0.3, 0.4) is 0 Å². The number of fused-ring (bicyclic) bond motifs is 2. The fourth-order valence-corrected chi connectivity index (χ4v) is 3.52. The molecule has 5 nitrogen and oxygen atoms in total. The Hall–Kier alpha value is -2.50. The first-order valence-electron chi connectivity index (χ1n) is 7.67. The molecule has 0 aliphatic heterocycles. The van der Waals surface area contributed by atoms with Crippen molar-refractivity contribution in [1.29, 1.82) is 0 Å². The molecule has 0 spiro atoms. The normalized spacial score (nSPS) is 11.4. The second kappa shape index (κ2) is 6.10. The second-order valence-electron chi connectivity index (χ2n) is 5.77. The van der Waals surface area contributed by atoms with Crippen LogP contribution in [-0.4, -0.2) is 19.6 Å². The van der Waals surface area contributed by atoms with Crippen LogP contribution in [0.4, 0.5) is 0 Å². The number of nitrogens with zero attached hydrogens (tertiary/aromatic N) is 2. The molecule has 2 aromatic carbocycles. The molecule has 0 bridgehead atoms. The number of phenols is 1. The number of H-pyrrole nitrogens is 1. The zero-order chi connectivity index (χ0) is 17.6. The molecular formula is C18H13Cl2N3O2. The molecule has 0 fully saturated rings. The van der Waals surface area contributed by atoms with Crippen molar-refractivity contribution < 1.29 is 5.11 Å². The van der Waals surface area contributed by atoms with Gasteiger partial charge in [0.25, 0.3) is 5.56 Å². The number of hydrogen-bond acceptors (Lipinski definition) is 3. The Balaban J connectivity index is 1.73. The average Bonchev–Trinajstić information content (AvgIpc) is 3.02. The van der Waals surface area contributed by atoms with Crippen LogP contribution in [0.1, 0.15) is 5.56 Å². The summed E-state index contributed by atoms with van der Waals surface area (Å²) < 4.78 is 1.49. The minimum atomic E-state index is -0.304. The maximum atomic E-state index is 12.7. The summed E-state index contributed by atoms with van der Waals surface area (Å²) in [5, 5.41) is 11.5. The summed E-state index contributed by atoms with van der Waals surface area (Å²) in [4.78, 5) is 20.1. The molecule has 4 aromatic rings. The summed E-state index contributed by atoms with van der Waals surface area (Å²) in [7, 11) is 0. The van der Waals surface area contributed by atoms with Crippen molar-refractivity contribution in [2.45, 2.75) is 13.0 Å². The summed E-state index contributed by atoms with van der Waals surface area (Å²) in [5.41, 5.74) is 1.99. The lowest BCUT2D eigenvalue weighted by atomic mass is 10.1. The Morgan fingerprint density at radius 2 is 2.00 bits per heavy atom. The van der Waals surface area contributed by atoms with Gasteiger partial charge in [-0.25, -0.2) is 4.98 Å². The van der Waals surface area contributed by atoms with E-state index in [9.17, 15) is 9.90 Å². The van der Waals surface area contributed by atoms with Gasteiger partial charge in [-0.2, -0.15) is 0 Å². The van der Waals surface area contributed by atoms with E-state index in [-0.39, 0.29) is 32.3 Å². The lowest BCUT2D eigenvalue weighted by molar-refractivity contribution is 0.480. The fraction of sp³-hybridized carbons (Fsp3) is 0.111. The number of halogens is 2. The molecule has 0 saturated heterocycles. The molecule has 0 aliphatic rings. The van der Waals surface area contributed by atoms with Crippen LogP contribution in [0.2, 0.25) is 10.0 Å². The first-order valence-corrected chi connectivity index (χ1v) is 8.43. The summed E-state index contributed by atoms with van der Waals surface area (Å²) in [6.07, 6.45) is 4.02. The van der Waals surface area contributed by atoms with Gasteiger partial charge in [0.05, 0.1) is 21.8 Å². The van der Waals surface area contributed by atoms with Gasteiger partial charge < -0.3 is 10.1 Å². The van der Waals surface area contributed by atoms with Crippen molar-refractivity contribution in [2.75, 3.05) is 0 Å². The summed E-state index contributed by atoms with van der Waals surface area (Å²) in [6, 6.07) is 9.36. The van der Waals surface area contributed by atoms with Crippen LogP contribution in [0.25, 0.3) is 21.8 Å². The quantitative estimate of drug-likeness (QED) is 0.566. The van der Waals surface area contributed by atoms with Crippen molar-refractivity contribution >= 4 is 45.0 Å². The van der Waals surface area contributed by atoms with Gasteiger partial charge in [0.2, 0.25) is 0 Å². The Bertz CT molecular complexity index is 1160. The van der Waals surface area contributed by atoms with Gasteiger partial charge >= 0.3 is 0 Å².